The minimum Gasteiger partial charge on any atom is -0.352 e. The second kappa shape index (κ2) is 8.26. The Balaban J connectivity index is 2.09. The van der Waals surface area contributed by atoms with Gasteiger partial charge in [-0.3, -0.25) is 9.59 Å². The molecule has 1 heterocycles. The lowest BCUT2D eigenvalue weighted by Gasteiger charge is -2.14. The lowest BCUT2D eigenvalue weighted by molar-refractivity contribution is -0.143. The van der Waals surface area contributed by atoms with E-state index in [-0.39, 0.29) is 31.1 Å². The molecule has 0 fully saturated rings. The Morgan fingerprint density at radius 2 is 1.57 bits per heavy atom. The zero-order valence-electron chi connectivity index (χ0n) is 14.0. The molecule has 2 rings (SSSR count). The van der Waals surface area contributed by atoms with Crippen LogP contribution < -0.4 is 10.9 Å². The fourth-order valence-electron chi connectivity index (χ4n) is 2.32. The molecular formula is C17H13ClF6N2O2. The van der Waals surface area contributed by atoms with Gasteiger partial charge in [0.2, 0.25) is 0 Å². The van der Waals surface area contributed by atoms with E-state index in [9.17, 15) is 35.9 Å². The number of carbonyl (C=O) groups is 1. The minimum atomic E-state index is -5.04. The number of halogens is 7. The van der Waals surface area contributed by atoms with Gasteiger partial charge in [0.25, 0.3) is 11.5 Å². The van der Waals surface area contributed by atoms with Crippen molar-refractivity contribution in [1.29, 1.82) is 0 Å². The van der Waals surface area contributed by atoms with E-state index >= 15 is 0 Å². The van der Waals surface area contributed by atoms with Crippen molar-refractivity contribution in [3.05, 3.63) is 68.6 Å². The van der Waals surface area contributed by atoms with Gasteiger partial charge < -0.3 is 9.88 Å². The van der Waals surface area contributed by atoms with Crippen LogP contribution in [0.25, 0.3) is 0 Å². The van der Waals surface area contributed by atoms with E-state index in [1.54, 1.807) is 0 Å². The van der Waals surface area contributed by atoms with Crippen molar-refractivity contribution < 1.29 is 31.1 Å². The van der Waals surface area contributed by atoms with Crippen molar-refractivity contribution >= 4 is 17.5 Å². The molecule has 0 aliphatic heterocycles. The average molecular weight is 427 g/mol. The number of aryl methyl sites for hydroxylation is 1. The highest BCUT2D eigenvalue weighted by Gasteiger charge is 2.37. The first-order valence-corrected chi connectivity index (χ1v) is 8.19. The summed E-state index contributed by atoms with van der Waals surface area (Å²) in [7, 11) is 0. The highest BCUT2D eigenvalue weighted by Crippen LogP contribution is 2.36. The summed E-state index contributed by atoms with van der Waals surface area (Å²) in [6.45, 7) is 0.0748. The normalized spacial score (nSPS) is 12.1. The smallest absolute Gasteiger partial charge is 0.352 e. The van der Waals surface area contributed by atoms with Crippen LogP contribution >= 0.6 is 11.6 Å². The van der Waals surface area contributed by atoms with Gasteiger partial charge in [0.15, 0.2) is 0 Å². The molecule has 0 radical (unpaired) electrons. The number of nitrogens with one attached hydrogen (secondary N) is 1. The van der Waals surface area contributed by atoms with Gasteiger partial charge in [0, 0.05) is 30.9 Å². The zero-order valence-corrected chi connectivity index (χ0v) is 14.8. The van der Waals surface area contributed by atoms with E-state index in [0.29, 0.717) is 17.2 Å². The van der Waals surface area contributed by atoms with Crippen molar-refractivity contribution in [3.8, 4) is 0 Å². The predicted octanol–water partition coefficient (Wildman–Crippen LogP) is 4.36. The Hall–Kier alpha value is -2.49. The van der Waals surface area contributed by atoms with Crippen LogP contribution in [0.15, 0.2) is 41.3 Å². The third-order valence-electron chi connectivity index (χ3n) is 3.66. The minimum absolute atomic E-state index is 0.0532. The summed E-state index contributed by atoms with van der Waals surface area (Å²) in [5.41, 5.74) is -4.25. The van der Waals surface area contributed by atoms with Crippen LogP contribution in [0.1, 0.15) is 27.9 Å². The van der Waals surface area contributed by atoms with E-state index in [0.717, 1.165) is 0 Å². The molecule has 1 amide bonds. The molecule has 0 bridgehead atoms. The quantitative estimate of drug-likeness (QED) is 0.570. The Morgan fingerprint density at radius 1 is 1.00 bits per heavy atom. The maximum atomic E-state index is 12.8. The number of aromatic nitrogens is 1. The molecule has 0 atom stereocenters. The highest BCUT2D eigenvalue weighted by atomic mass is 35.5. The first-order chi connectivity index (χ1) is 12.9. The Labute approximate surface area is 159 Å². The van der Waals surface area contributed by atoms with Gasteiger partial charge in [-0.2, -0.15) is 26.3 Å². The van der Waals surface area contributed by atoms with Crippen molar-refractivity contribution in [2.24, 2.45) is 0 Å². The monoisotopic (exact) mass is 426 g/mol. The molecule has 11 heteroatoms. The first-order valence-electron chi connectivity index (χ1n) is 7.81. The molecule has 1 aromatic carbocycles. The fourth-order valence-corrected chi connectivity index (χ4v) is 2.50. The van der Waals surface area contributed by atoms with Crippen LogP contribution in [0.2, 0.25) is 5.02 Å². The molecule has 0 unspecified atom stereocenters. The summed E-state index contributed by atoms with van der Waals surface area (Å²) in [5.74, 6) is -1.09. The van der Waals surface area contributed by atoms with Gasteiger partial charge >= 0.3 is 12.4 Å². The number of alkyl halides is 6. The van der Waals surface area contributed by atoms with Gasteiger partial charge in [-0.25, -0.2) is 0 Å². The van der Waals surface area contributed by atoms with Crippen LogP contribution in [0, 0.1) is 0 Å². The summed E-state index contributed by atoms with van der Waals surface area (Å²) < 4.78 is 78.2. The predicted molar refractivity (Wildman–Crippen MR) is 89.1 cm³/mol. The molecule has 2 aromatic rings. The molecule has 1 aromatic heterocycles. The number of carbonyl (C=O) groups excluding carboxylic acids is 1. The van der Waals surface area contributed by atoms with Gasteiger partial charge in [-0.1, -0.05) is 11.6 Å². The molecule has 1 N–H and O–H groups in total. The molecular weight excluding hydrogens is 414 g/mol. The maximum absolute atomic E-state index is 12.8. The van der Waals surface area contributed by atoms with Crippen LogP contribution in [-0.2, 0) is 18.9 Å². The van der Waals surface area contributed by atoms with Crippen LogP contribution in [0.5, 0.6) is 0 Å². The fraction of sp³-hybridized carbons (Fsp3) is 0.294. The number of amides is 1. The van der Waals surface area contributed by atoms with Gasteiger partial charge in [-0.05, 0) is 30.7 Å². The van der Waals surface area contributed by atoms with E-state index in [2.05, 4.69) is 5.32 Å². The lowest BCUT2D eigenvalue weighted by atomic mass is 10.0. The number of hydrogen-bond acceptors (Lipinski definition) is 2. The maximum Gasteiger partial charge on any atom is 0.416 e. The molecule has 28 heavy (non-hydrogen) atoms. The SMILES string of the molecule is O=C(NCCCn1cc(Cl)ccc1=O)c1cc(C(F)(F)F)cc(C(F)(F)F)c1. The van der Waals surface area contributed by atoms with Crippen molar-refractivity contribution in [3.63, 3.8) is 0 Å². The standard InChI is InChI=1S/C17H13ClF6N2O2/c18-13-2-3-14(27)26(9-13)5-1-4-25-15(28)10-6-11(16(19,20)21)8-12(7-10)17(22,23)24/h2-3,6-9H,1,4-5H2,(H,25,28). The molecule has 152 valence electrons. The van der Waals surface area contributed by atoms with Crippen LogP contribution in [0.4, 0.5) is 26.3 Å². The molecule has 0 saturated heterocycles. The van der Waals surface area contributed by atoms with E-state index in [4.69, 9.17) is 11.6 Å². The van der Waals surface area contributed by atoms with Gasteiger partial charge in [0.05, 0.1) is 16.1 Å². The molecule has 0 aliphatic rings. The number of nitrogens with zero attached hydrogens (tertiary/aromatic N) is 1. The van der Waals surface area contributed by atoms with E-state index in [1.807, 2.05) is 0 Å². The average Bonchev–Trinajstić information content (AvgIpc) is 2.59. The Morgan fingerprint density at radius 3 is 2.11 bits per heavy atom. The molecule has 0 aliphatic carbocycles. The van der Waals surface area contributed by atoms with E-state index < -0.39 is 35.0 Å². The Kier molecular flexibility index (Phi) is 6.43. The second-order valence-electron chi connectivity index (χ2n) is 5.78. The number of rotatable bonds is 5. The lowest BCUT2D eigenvalue weighted by Crippen LogP contribution is -2.27. The van der Waals surface area contributed by atoms with E-state index in [1.165, 1.54) is 22.9 Å². The summed E-state index contributed by atoms with van der Waals surface area (Å²) in [5, 5.41) is 2.55. The first kappa shape index (κ1) is 21.8. The zero-order chi connectivity index (χ0) is 21.1. The molecule has 0 spiro atoms. The summed E-state index contributed by atoms with van der Waals surface area (Å²) in [6.07, 6.45) is -8.50. The number of benzene rings is 1. The van der Waals surface area contributed by atoms with Gasteiger partial charge in [-0.15, -0.1) is 0 Å². The summed E-state index contributed by atoms with van der Waals surface area (Å²) in [4.78, 5) is 23.6. The second-order valence-corrected chi connectivity index (χ2v) is 6.22. The van der Waals surface area contributed by atoms with Crippen LogP contribution in [0.3, 0.4) is 0 Å². The highest BCUT2D eigenvalue weighted by molar-refractivity contribution is 6.30. The van der Waals surface area contributed by atoms with Crippen LogP contribution in [-0.4, -0.2) is 17.0 Å². The van der Waals surface area contributed by atoms with Crippen molar-refractivity contribution in [1.82, 2.24) is 9.88 Å². The largest absolute Gasteiger partial charge is 0.416 e. The summed E-state index contributed by atoms with van der Waals surface area (Å²) >= 11 is 5.75. The van der Waals surface area contributed by atoms with Crippen molar-refractivity contribution in [2.75, 3.05) is 6.54 Å². The third kappa shape index (κ3) is 5.75. The molecule has 0 saturated carbocycles. The number of pyridine rings is 1. The third-order valence-corrected chi connectivity index (χ3v) is 3.88. The molecule has 4 nitrogen and oxygen atoms in total. The topological polar surface area (TPSA) is 51.1 Å². The summed E-state index contributed by atoms with van der Waals surface area (Å²) in [6, 6.07) is 3.29. The van der Waals surface area contributed by atoms with Crippen molar-refractivity contribution in [2.45, 2.75) is 25.3 Å². The number of hydrogen-bond donors (Lipinski definition) is 1. The Bertz CT molecular complexity index is 889. The van der Waals surface area contributed by atoms with Gasteiger partial charge in [0.1, 0.15) is 0 Å².